The molecule has 1 unspecified atom stereocenters. The van der Waals surface area contributed by atoms with Gasteiger partial charge in [0.1, 0.15) is 0 Å². The number of rotatable bonds is 4. The van der Waals surface area contributed by atoms with Gasteiger partial charge in [-0.25, -0.2) is 0 Å². The van der Waals surface area contributed by atoms with Crippen molar-refractivity contribution < 1.29 is 9.90 Å². The SMILES string of the molecule is N#CCc1ccc(NC(=O)CN2CCC(O)C2)cc1. The van der Waals surface area contributed by atoms with Crippen molar-refractivity contribution in [1.82, 2.24) is 4.90 Å². The van der Waals surface area contributed by atoms with E-state index in [1.807, 2.05) is 17.0 Å². The van der Waals surface area contributed by atoms with Crippen molar-refractivity contribution in [2.75, 3.05) is 25.0 Å². The summed E-state index contributed by atoms with van der Waals surface area (Å²) in [6.45, 7) is 1.63. The smallest absolute Gasteiger partial charge is 0.238 e. The summed E-state index contributed by atoms with van der Waals surface area (Å²) in [6.07, 6.45) is 0.800. The first kappa shape index (κ1) is 13.5. The van der Waals surface area contributed by atoms with E-state index in [2.05, 4.69) is 11.4 Å². The number of hydrogen-bond acceptors (Lipinski definition) is 4. The van der Waals surface area contributed by atoms with Crippen LogP contribution in [0, 0.1) is 11.3 Å². The van der Waals surface area contributed by atoms with Gasteiger partial charge in [-0.2, -0.15) is 5.26 Å². The number of likely N-dealkylation sites (tertiary alicyclic amines) is 1. The molecule has 0 saturated carbocycles. The number of hydrogen-bond donors (Lipinski definition) is 2. The monoisotopic (exact) mass is 259 g/mol. The normalized spacial score (nSPS) is 19.1. The Labute approximate surface area is 112 Å². The Bertz CT molecular complexity index is 478. The van der Waals surface area contributed by atoms with Crippen molar-refractivity contribution in [1.29, 1.82) is 5.26 Å². The van der Waals surface area contributed by atoms with E-state index in [4.69, 9.17) is 5.26 Å². The number of anilines is 1. The number of amides is 1. The van der Waals surface area contributed by atoms with Gasteiger partial charge in [0.2, 0.25) is 5.91 Å². The van der Waals surface area contributed by atoms with E-state index >= 15 is 0 Å². The van der Waals surface area contributed by atoms with Gasteiger partial charge in [-0.05, 0) is 24.1 Å². The fourth-order valence-corrected chi connectivity index (χ4v) is 2.16. The quantitative estimate of drug-likeness (QED) is 0.837. The van der Waals surface area contributed by atoms with Crippen LogP contribution in [0.2, 0.25) is 0 Å². The first-order valence-electron chi connectivity index (χ1n) is 6.33. The Morgan fingerprint density at radius 3 is 2.79 bits per heavy atom. The summed E-state index contributed by atoms with van der Waals surface area (Å²) in [5.41, 5.74) is 1.66. The van der Waals surface area contributed by atoms with Crippen molar-refractivity contribution in [3.05, 3.63) is 29.8 Å². The van der Waals surface area contributed by atoms with E-state index < -0.39 is 0 Å². The molecule has 19 heavy (non-hydrogen) atoms. The summed E-state index contributed by atoms with van der Waals surface area (Å²) in [6, 6.07) is 9.33. The summed E-state index contributed by atoms with van der Waals surface area (Å²) in [5.74, 6) is -0.0814. The summed E-state index contributed by atoms with van der Waals surface area (Å²) >= 11 is 0. The third-order valence-electron chi connectivity index (χ3n) is 3.14. The molecule has 2 rings (SSSR count). The van der Waals surface area contributed by atoms with Crippen LogP contribution in [0.3, 0.4) is 0 Å². The molecule has 5 nitrogen and oxygen atoms in total. The van der Waals surface area contributed by atoms with E-state index in [0.717, 1.165) is 24.2 Å². The van der Waals surface area contributed by atoms with Crippen molar-refractivity contribution in [3.8, 4) is 6.07 Å². The van der Waals surface area contributed by atoms with Crippen LogP contribution in [0.15, 0.2) is 24.3 Å². The number of benzene rings is 1. The van der Waals surface area contributed by atoms with Crippen LogP contribution in [-0.4, -0.2) is 41.7 Å². The lowest BCUT2D eigenvalue weighted by molar-refractivity contribution is -0.117. The summed E-state index contributed by atoms with van der Waals surface area (Å²) in [5, 5.41) is 20.8. The fraction of sp³-hybridized carbons (Fsp3) is 0.429. The van der Waals surface area contributed by atoms with Crippen molar-refractivity contribution >= 4 is 11.6 Å². The molecule has 1 amide bonds. The molecule has 1 aliphatic rings. The number of carbonyl (C=O) groups is 1. The molecule has 1 aliphatic heterocycles. The highest BCUT2D eigenvalue weighted by molar-refractivity contribution is 5.92. The zero-order valence-electron chi connectivity index (χ0n) is 10.7. The van der Waals surface area contributed by atoms with Gasteiger partial charge in [-0.15, -0.1) is 0 Å². The fourth-order valence-electron chi connectivity index (χ4n) is 2.16. The Hall–Kier alpha value is -1.90. The van der Waals surface area contributed by atoms with Crippen LogP contribution < -0.4 is 5.32 Å². The lowest BCUT2D eigenvalue weighted by atomic mass is 10.1. The molecule has 1 saturated heterocycles. The lowest BCUT2D eigenvalue weighted by Gasteiger charge is -2.14. The zero-order valence-corrected chi connectivity index (χ0v) is 10.7. The molecule has 0 aliphatic carbocycles. The molecule has 0 bridgehead atoms. The highest BCUT2D eigenvalue weighted by Gasteiger charge is 2.21. The molecule has 0 aromatic heterocycles. The third-order valence-corrected chi connectivity index (χ3v) is 3.14. The molecule has 1 atom stereocenters. The van der Waals surface area contributed by atoms with Gasteiger partial charge in [-0.3, -0.25) is 9.69 Å². The molecule has 5 heteroatoms. The minimum absolute atomic E-state index is 0.0814. The van der Waals surface area contributed by atoms with E-state index in [9.17, 15) is 9.90 Å². The minimum Gasteiger partial charge on any atom is -0.392 e. The van der Waals surface area contributed by atoms with Gasteiger partial charge >= 0.3 is 0 Å². The van der Waals surface area contributed by atoms with Crippen LogP contribution in [-0.2, 0) is 11.2 Å². The maximum absolute atomic E-state index is 11.8. The molecule has 1 fully saturated rings. The number of nitriles is 1. The number of carbonyl (C=O) groups excluding carboxylic acids is 1. The minimum atomic E-state index is -0.307. The van der Waals surface area contributed by atoms with E-state index in [0.29, 0.717) is 19.5 Å². The lowest BCUT2D eigenvalue weighted by Crippen LogP contribution is -2.32. The standard InChI is InChI=1S/C14H17N3O2/c15-7-5-11-1-3-12(4-2-11)16-14(19)10-17-8-6-13(18)9-17/h1-4,13,18H,5-6,8-10H2,(H,16,19). The van der Waals surface area contributed by atoms with Crippen molar-refractivity contribution in [2.24, 2.45) is 0 Å². The van der Waals surface area contributed by atoms with Crippen LogP contribution in [0.1, 0.15) is 12.0 Å². The molecule has 1 aromatic rings. The first-order chi connectivity index (χ1) is 9.17. The average Bonchev–Trinajstić information content (AvgIpc) is 2.77. The van der Waals surface area contributed by atoms with Crippen molar-refractivity contribution in [3.63, 3.8) is 0 Å². The number of β-amino-alcohol motifs (C(OH)–C–C–N with tert-alkyl or cyclic N) is 1. The molecule has 1 heterocycles. The largest absolute Gasteiger partial charge is 0.392 e. The molecule has 1 aromatic carbocycles. The number of nitrogens with zero attached hydrogens (tertiary/aromatic N) is 2. The molecule has 100 valence electrons. The highest BCUT2D eigenvalue weighted by Crippen LogP contribution is 2.11. The second kappa shape index (κ2) is 6.32. The van der Waals surface area contributed by atoms with Crippen LogP contribution in [0.25, 0.3) is 0 Å². The average molecular weight is 259 g/mol. The van der Waals surface area contributed by atoms with Gasteiger partial charge in [0.15, 0.2) is 0 Å². The number of aliphatic hydroxyl groups is 1. The van der Waals surface area contributed by atoms with Crippen LogP contribution >= 0.6 is 0 Å². The highest BCUT2D eigenvalue weighted by atomic mass is 16.3. The predicted octanol–water partition coefficient (Wildman–Crippen LogP) is 0.758. The summed E-state index contributed by atoms with van der Waals surface area (Å²) in [7, 11) is 0. The van der Waals surface area contributed by atoms with Crippen LogP contribution in [0.4, 0.5) is 5.69 Å². The van der Waals surface area contributed by atoms with E-state index in [-0.39, 0.29) is 12.0 Å². The maximum Gasteiger partial charge on any atom is 0.238 e. The van der Waals surface area contributed by atoms with Gasteiger partial charge < -0.3 is 10.4 Å². The zero-order chi connectivity index (χ0) is 13.7. The molecule has 0 radical (unpaired) electrons. The van der Waals surface area contributed by atoms with E-state index in [1.54, 1.807) is 12.1 Å². The second-order valence-electron chi connectivity index (χ2n) is 4.76. The van der Waals surface area contributed by atoms with Gasteiger partial charge in [-0.1, -0.05) is 12.1 Å². The van der Waals surface area contributed by atoms with Crippen molar-refractivity contribution in [2.45, 2.75) is 18.9 Å². The first-order valence-corrected chi connectivity index (χ1v) is 6.33. The second-order valence-corrected chi connectivity index (χ2v) is 4.76. The number of aliphatic hydroxyl groups excluding tert-OH is 1. The topological polar surface area (TPSA) is 76.4 Å². The van der Waals surface area contributed by atoms with Gasteiger partial charge in [0.05, 0.1) is 25.1 Å². The van der Waals surface area contributed by atoms with Gasteiger partial charge in [0.25, 0.3) is 0 Å². The van der Waals surface area contributed by atoms with Crippen LogP contribution in [0.5, 0.6) is 0 Å². The maximum atomic E-state index is 11.8. The molecule has 2 N–H and O–H groups in total. The van der Waals surface area contributed by atoms with E-state index in [1.165, 1.54) is 0 Å². The molecule has 0 spiro atoms. The molecular weight excluding hydrogens is 242 g/mol. The molecular formula is C14H17N3O2. The summed E-state index contributed by atoms with van der Waals surface area (Å²) in [4.78, 5) is 13.7. The Morgan fingerprint density at radius 2 is 2.21 bits per heavy atom. The predicted molar refractivity (Wildman–Crippen MR) is 71.5 cm³/mol. The third kappa shape index (κ3) is 4.05. The summed E-state index contributed by atoms with van der Waals surface area (Å²) < 4.78 is 0. The number of nitrogens with one attached hydrogen (secondary N) is 1. The van der Waals surface area contributed by atoms with Gasteiger partial charge in [0, 0.05) is 18.8 Å². The Balaban J connectivity index is 1.83. The Kier molecular flexibility index (Phi) is 4.50. The Morgan fingerprint density at radius 1 is 1.47 bits per heavy atom.